The third-order valence-corrected chi connectivity index (χ3v) is 8.46. The maximum atomic E-state index is 13.5. The number of nitrogens with one attached hydrogen (secondary N) is 3. The Bertz CT molecular complexity index is 1100. The molecule has 3 heterocycles. The van der Waals surface area contributed by atoms with Gasteiger partial charge in [0.05, 0.1) is 31.1 Å². The van der Waals surface area contributed by atoms with Crippen molar-refractivity contribution in [3.63, 3.8) is 0 Å². The summed E-state index contributed by atoms with van der Waals surface area (Å²) in [5.41, 5.74) is 1.67. The zero-order valence-electron chi connectivity index (χ0n) is 21.4. The van der Waals surface area contributed by atoms with E-state index >= 15 is 0 Å². The van der Waals surface area contributed by atoms with Crippen molar-refractivity contribution in [2.45, 2.75) is 62.4 Å². The van der Waals surface area contributed by atoms with Gasteiger partial charge in [-0.05, 0) is 94.1 Å². The Balaban J connectivity index is 1.34. The average molecular weight is 512 g/mol. The molecule has 2 saturated heterocycles. The van der Waals surface area contributed by atoms with E-state index < -0.39 is 5.54 Å². The van der Waals surface area contributed by atoms with Crippen molar-refractivity contribution in [2.75, 3.05) is 48.4 Å². The Morgan fingerprint density at radius 1 is 1.11 bits per heavy atom. The van der Waals surface area contributed by atoms with Crippen molar-refractivity contribution in [3.05, 3.63) is 42.0 Å². The molecule has 3 fully saturated rings. The van der Waals surface area contributed by atoms with E-state index in [0.29, 0.717) is 35.8 Å². The van der Waals surface area contributed by atoms with E-state index in [9.17, 15) is 9.90 Å². The van der Waals surface area contributed by atoms with Crippen LogP contribution in [0.4, 0.5) is 17.3 Å². The first kappa shape index (κ1) is 25.3. The molecule has 36 heavy (non-hydrogen) atoms. The van der Waals surface area contributed by atoms with Gasteiger partial charge < -0.3 is 25.4 Å². The summed E-state index contributed by atoms with van der Waals surface area (Å²) in [5.74, 6) is 0.884. The van der Waals surface area contributed by atoms with Gasteiger partial charge in [0.15, 0.2) is 0 Å². The number of amides is 1. The number of benzene rings is 1. The van der Waals surface area contributed by atoms with Gasteiger partial charge in [-0.1, -0.05) is 6.07 Å². The highest BCUT2D eigenvalue weighted by Crippen LogP contribution is 2.54. The molecular formula is C27H37N5O3S. The van der Waals surface area contributed by atoms with Crippen LogP contribution in [-0.4, -0.2) is 60.0 Å². The van der Waals surface area contributed by atoms with Crippen molar-refractivity contribution < 1.29 is 14.6 Å². The molecule has 2 aromatic rings. The number of carbonyl (C=O) groups excluding carboxylic acids is 1. The number of aliphatic hydroxyl groups is 1. The van der Waals surface area contributed by atoms with E-state index in [2.05, 4.69) is 52.1 Å². The van der Waals surface area contributed by atoms with Crippen LogP contribution in [0.25, 0.3) is 0 Å². The highest BCUT2D eigenvalue weighted by molar-refractivity contribution is 7.97. The average Bonchev–Trinajstić information content (AvgIpc) is 3.59. The number of anilines is 3. The molecule has 0 radical (unpaired) electrons. The fourth-order valence-corrected chi connectivity index (χ4v) is 5.45. The van der Waals surface area contributed by atoms with Gasteiger partial charge in [0.25, 0.3) is 5.91 Å². The fraction of sp³-hybridized carbons (Fsp3) is 0.556. The third-order valence-electron chi connectivity index (χ3n) is 7.25. The lowest BCUT2D eigenvalue weighted by Crippen LogP contribution is -2.58. The molecule has 0 bridgehead atoms. The maximum Gasteiger partial charge on any atom is 0.258 e. The monoisotopic (exact) mass is 511 g/mol. The van der Waals surface area contributed by atoms with Gasteiger partial charge in [0, 0.05) is 23.5 Å². The normalized spacial score (nSPS) is 20.1. The molecule has 5 rings (SSSR count). The van der Waals surface area contributed by atoms with E-state index in [0.717, 1.165) is 23.7 Å². The Kier molecular flexibility index (Phi) is 6.93. The highest BCUT2D eigenvalue weighted by Gasteiger charge is 2.44. The van der Waals surface area contributed by atoms with Crippen LogP contribution < -0.4 is 20.3 Å². The van der Waals surface area contributed by atoms with Crippen LogP contribution in [0.3, 0.4) is 0 Å². The van der Waals surface area contributed by atoms with Crippen LogP contribution >= 0.6 is 11.9 Å². The Morgan fingerprint density at radius 3 is 2.44 bits per heavy atom. The molecule has 1 aromatic carbocycles. The van der Waals surface area contributed by atoms with Crippen LogP contribution in [0.1, 0.15) is 56.8 Å². The molecule has 3 aliphatic rings. The summed E-state index contributed by atoms with van der Waals surface area (Å²) in [6, 6.07) is 11.5. The predicted molar refractivity (Wildman–Crippen MR) is 145 cm³/mol. The first-order valence-electron chi connectivity index (χ1n) is 12.8. The first-order valence-corrected chi connectivity index (χ1v) is 13.6. The minimum absolute atomic E-state index is 0.0186. The van der Waals surface area contributed by atoms with Gasteiger partial charge in [0.2, 0.25) is 0 Å². The minimum atomic E-state index is -0.509. The zero-order valence-corrected chi connectivity index (χ0v) is 22.2. The Labute approximate surface area is 217 Å². The number of aromatic nitrogens is 1. The second kappa shape index (κ2) is 9.85. The van der Waals surface area contributed by atoms with Crippen LogP contribution in [0, 0.1) is 5.41 Å². The van der Waals surface area contributed by atoms with E-state index in [1.807, 2.05) is 24.3 Å². The standard InChI is InChI=1S/C27H37N5O3S/c1-25(2,3)31-36-19-7-8-20(21(15-19)32-13-11-26(9-10-26)12-14-32)24(34)29-22-5-4-6-23(28-22)30-27(16-33)17-35-18-27/h4-8,15,31,33H,9-14,16-18H2,1-3H3,(H2,28,29,30,34). The smallest absolute Gasteiger partial charge is 0.258 e. The van der Waals surface area contributed by atoms with Crippen LogP contribution in [-0.2, 0) is 4.74 Å². The second-order valence-corrected chi connectivity index (χ2v) is 12.4. The summed E-state index contributed by atoms with van der Waals surface area (Å²) in [5, 5.41) is 15.9. The van der Waals surface area contributed by atoms with Crippen molar-refractivity contribution in [2.24, 2.45) is 5.41 Å². The Hall–Kier alpha value is -2.33. The molecule has 194 valence electrons. The summed E-state index contributed by atoms with van der Waals surface area (Å²) in [7, 11) is 0. The molecule has 1 aliphatic carbocycles. The van der Waals surface area contributed by atoms with Gasteiger partial charge in [-0.25, -0.2) is 4.98 Å². The summed E-state index contributed by atoms with van der Waals surface area (Å²) < 4.78 is 8.73. The molecule has 1 aromatic heterocycles. The number of hydrogen-bond acceptors (Lipinski definition) is 8. The van der Waals surface area contributed by atoms with Crippen molar-refractivity contribution in [3.8, 4) is 0 Å². The van der Waals surface area contributed by atoms with Crippen LogP contribution in [0.2, 0.25) is 0 Å². The van der Waals surface area contributed by atoms with E-state index in [1.165, 1.54) is 25.7 Å². The maximum absolute atomic E-state index is 13.5. The molecule has 4 N–H and O–H groups in total. The number of pyridine rings is 1. The van der Waals surface area contributed by atoms with Crippen LogP contribution in [0.5, 0.6) is 0 Å². The van der Waals surface area contributed by atoms with Crippen molar-refractivity contribution >= 4 is 35.2 Å². The number of carbonyl (C=O) groups is 1. The minimum Gasteiger partial charge on any atom is -0.394 e. The zero-order chi connectivity index (χ0) is 25.4. The number of piperidine rings is 1. The second-order valence-electron chi connectivity index (χ2n) is 11.5. The number of ether oxygens (including phenoxy) is 1. The molecule has 9 heteroatoms. The molecule has 1 spiro atoms. The van der Waals surface area contributed by atoms with Crippen molar-refractivity contribution in [1.29, 1.82) is 0 Å². The number of hydrogen-bond donors (Lipinski definition) is 4. The van der Waals surface area contributed by atoms with Crippen molar-refractivity contribution in [1.82, 2.24) is 9.71 Å². The Morgan fingerprint density at radius 2 is 1.83 bits per heavy atom. The molecule has 0 atom stereocenters. The van der Waals surface area contributed by atoms with Gasteiger partial charge in [-0.2, -0.15) is 0 Å². The summed E-state index contributed by atoms with van der Waals surface area (Å²) in [6.45, 7) is 9.18. The number of rotatable bonds is 8. The summed E-state index contributed by atoms with van der Waals surface area (Å²) >= 11 is 1.60. The van der Waals surface area contributed by atoms with Crippen LogP contribution in [0.15, 0.2) is 41.3 Å². The highest BCUT2D eigenvalue weighted by atomic mass is 32.2. The van der Waals surface area contributed by atoms with Gasteiger partial charge >= 0.3 is 0 Å². The molecule has 2 aliphatic heterocycles. The lowest BCUT2D eigenvalue weighted by Gasteiger charge is -2.40. The lowest BCUT2D eigenvalue weighted by atomic mass is 9.93. The quantitative estimate of drug-likeness (QED) is 0.390. The third kappa shape index (κ3) is 5.80. The molecular weight excluding hydrogens is 474 g/mol. The molecule has 1 amide bonds. The van der Waals surface area contributed by atoms with Gasteiger partial charge in [-0.3, -0.25) is 9.52 Å². The number of aliphatic hydroxyl groups excluding tert-OH is 1. The predicted octanol–water partition coefficient (Wildman–Crippen LogP) is 4.28. The van der Waals surface area contributed by atoms with Gasteiger partial charge in [0.1, 0.15) is 17.2 Å². The lowest BCUT2D eigenvalue weighted by molar-refractivity contribution is -0.0651. The van der Waals surface area contributed by atoms with E-state index in [4.69, 9.17) is 4.74 Å². The fourth-order valence-electron chi connectivity index (χ4n) is 4.72. The first-order chi connectivity index (χ1) is 17.2. The van der Waals surface area contributed by atoms with E-state index in [-0.39, 0.29) is 18.1 Å². The largest absolute Gasteiger partial charge is 0.394 e. The van der Waals surface area contributed by atoms with E-state index in [1.54, 1.807) is 18.0 Å². The molecule has 1 saturated carbocycles. The molecule has 8 nitrogen and oxygen atoms in total. The topological polar surface area (TPSA) is 98.8 Å². The summed E-state index contributed by atoms with van der Waals surface area (Å²) in [6.07, 6.45) is 5.08. The summed E-state index contributed by atoms with van der Waals surface area (Å²) in [4.78, 5) is 21.5. The van der Waals surface area contributed by atoms with Gasteiger partial charge in [-0.15, -0.1) is 0 Å². The number of nitrogens with zero attached hydrogens (tertiary/aromatic N) is 2. The SMILES string of the molecule is CC(C)(C)NSc1ccc(C(=O)Nc2cccc(NC3(CO)COC3)n2)c(N2CCC3(CC2)CC3)c1. The molecule has 0 unspecified atom stereocenters.